The summed E-state index contributed by atoms with van der Waals surface area (Å²) in [5, 5.41) is 4.56. The molecular weight excluding hydrogens is 250 g/mol. The number of rotatable bonds is 1. The number of hydrogen-bond donors (Lipinski definition) is 0. The smallest absolute Gasteiger partial charge is 0.167 e. The second-order valence-electron chi connectivity index (χ2n) is 6.26. The van der Waals surface area contributed by atoms with Gasteiger partial charge in [-0.25, -0.2) is 9.67 Å². The first kappa shape index (κ1) is 13.0. The van der Waals surface area contributed by atoms with Gasteiger partial charge in [0.1, 0.15) is 0 Å². The number of ketones is 1. The number of Topliss-reactive ketones (excluding diaryl/α,β-unsaturated/α-hetero) is 1. The zero-order chi connectivity index (χ0) is 14.5. The molecule has 104 valence electrons. The van der Waals surface area contributed by atoms with Crippen LogP contribution in [0.4, 0.5) is 0 Å². The third kappa shape index (κ3) is 1.79. The topological polar surface area (TPSA) is 47.8 Å². The summed E-state index contributed by atoms with van der Waals surface area (Å²) < 4.78 is 1.84. The Bertz CT molecular complexity index is 671. The van der Waals surface area contributed by atoms with E-state index in [9.17, 15) is 4.79 Å². The Labute approximate surface area is 118 Å². The van der Waals surface area contributed by atoms with Crippen molar-refractivity contribution in [2.75, 3.05) is 0 Å². The van der Waals surface area contributed by atoms with Crippen molar-refractivity contribution < 1.29 is 4.79 Å². The number of carbonyl (C=O) groups is 1. The van der Waals surface area contributed by atoms with E-state index in [-0.39, 0.29) is 17.1 Å². The molecule has 2 heterocycles. The SMILES string of the molecule is Cc1nn(-c2ccccn2)c2c1C(=O)CC(C)(C)C2C. The summed E-state index contributed by atoms with van der Waals surface area (Å²) in [6.45, 7) is 8.36. The lowest BCUT2D eigenvalue weighted by Crippen LogP contribution is -2.31. The lowest BCUT2D eigenvalue weighted by Gasteiger charge is -2.36. The van der Waals surface area contributed by atoms with Crippen molar-refractivity contribution in [1.82, 2.24) is 14.8 Å². The van der Waals surface area contributed by atoms with E-state index in [2.05, 4.69) is 30.9 Å². The van der Waals surface area contributed by atoms with Gasteiger partial charge in [0.25, 0.3) is 0 Å². The van der Waals surface area contributed by atoms with Crippen LogP contribution >= 0.6 is 0 Å². The molecule has 4 nitrogen and oxygen atoms in total. The van der Waals surface area contributed by atoms with Crippen molar-refractivity contribution in [3.05, 3.63) is 41.3 Å². The Kier molecular flexibility index (Phi) is 2.78. The predicted molar refractivity (Wildman–Crippen MR) is 77.2 cm³/mol. The molecule has 0 aliphatic heterocycles. The molecule has 20 heavy (non-hydrogen) atoms. The summed E-state index contributed by atoms with van der Waals surface area (Å²) >= 11 is 0. The van der Waals surface area contributed by atoms with Crippen LogP contribution in [-0.4, -0.2) is 20.5 Å². The molecule has 2 aromatic heterocycles. The van der Waals surface area contributed by atoms with Crippen LogP contribution in [-0.2, 0) is 0 Å². The number of fused-ring (bicyclic) bond motifs is 1. The molecule has 1 aliphatic carbocycles. The summed E-state index contributed by atoms with van der Waals surface area (Å²) in [4.78, 5) is 16.8. The summed E-state index contributed by atoms with van der Waals surface area (Å²) in [5.74, 6) is 1.23. The molecule has 0 radical (unpaired) electrons. The van der Waals surface area contributed by atoms with E-state index >= 15 is 0 Å². The van der Waals surface area contributed by atoms with E-state index in [0.29, 0.717) is 6.42 Å². The quantitative estimate of drug-likeness (QED) is 0.798. The van der Waals surface area contributed by atoms with Crippen LogP contribution < -0.4 is 0 Å². The number of hydrogen-bond acceptors (Lipinski definition) is 3. The largest absolute Gasteiger partial charge is 0.294 e. The van der Waals surface area contributed by atoms with Crippen LogP contribution in [0.1, 0.15) is 54.9 Å². The Morgan fingerprint density at radius 1 is 1.35 bits per heavy atom. The fourth-order valence-electron chi connectivity index (χ4n) is 2.97. The molecule has 1 unspecified atom stereocenters. The normalized spacial score (nSPS) is 20.8. The van der Waals surface area contributed by atoms with Gasteiger partial charge in [0.15, 0.2) is 11.6 Å². The van der Waals surface area contributed by atoms with Crippen LogP contribution in [0.25, 0.3) is 5.82 Å². The minimum Gasteiger partial charge on any atom is -0.294 e. The fraction of sp³-hybridized carbons (Fsp3) is 0.438. The average molecular weight is 269 g/mol. The van der Waals surface area contributed by atoms with Crippen molar-refractivity contribution in [2.24, 2.45) is 5.41 Å². The molecule has 2 aromatic rings. The number of carbonyl (C=O) groups excluding carboxylic acids is 1. The molecule has 0 N–H and O–H groups in total. The van der Waals surface area contributed by atoms with Gasteiger partial charge in [-0.3, -0.25) is 4.79 Å². The summed E-state index contributed by atoms with van der Waals surface area (Å²) in [7, 11) is 0. The minimum absolute atomic E-state index is 0.0525. The van der Waals surface area contributed by atoms with E-state index in [1.54, 1.807) is 6.20 Å². The third-order valence-corrected chi connectivity index (χ3v) is 4.44. The van der Waals surface area contributed by atoms with E-state index < -0.39 is 0 Å². The standard InChI is InChI=1S/C16H19N3O/c1-10-15-14(12(20)9-16(10,3)4)11(2)18-19(15)13-7-5-6-8-17-13/h5-8,10H,9H2,1-4H3. The van der Waals surface area contributed by atoms with Crippen molar-refractivity contribution in [3.8, 4) is 5.82 Å². The molecule has 0 bridgehead atoms. The van der Waals surface area contributed by atoms with Crippen LogP contribution in [0.15, 0.2) is 24.4 Å². The Balaban J connectivity index is 2.26. The van der Waals surface area contributed by atoms with Crippen molar-refractivity contribution in [2.45, 2.75) is 40.0 Å². The van der Waals surface area contributed by atoms with Gasteiger partial charge in [-0.15, -0.1) is 0 Å². The van der Waals surface area contributed by atoms with Crippen LogP contribution in [0.3, 0.4) is 0 Å². The lowest BCUT2D eigenvalue weighted by molar-refractivity contribution is 0.0886. The Hall–Kier alpha value is -1.97. The molecular formula is C16H19N3O. The summed E-state index contributed by atoms with van der Waals surface area (Å²) in [5.41, 5.74) is 2.55. The zero-order valence-corrected chi connectivity index (χ0v) is 12.3. The van der Waals surface area contributed by atoms with E-state index in [1.807, 2.05) is 29.8 Å². The first-order chi connectivity index (χ1) is 9.42. The fourth-order valence-corrected chi connectivity index (χ4v) is 2.97. The first-order valence-corrected chi connectivity index (χ1v) is 6.96. The summed E-state index contributed by atoms with van der Waals surface area (Å²) in [6.07, 6.45) is 2.33. The van der Waals surface area contributed by atoms with Crippen molar-refractivity contribution in [1.29, 1.82) is 0 Å². The molecule has 0 spiro atoms. The molecule has 1 aliphatic rings. The molecule has 1 atom stereocenters. The van der Waals surface area contributed by atoms with Gasteiger partial charge < -0.3 is 0 Å². The molecule has 4 heteroatoms. The van der Waals surface area contributed by atoms with Crippen LogP contribution in [0.5, 0.6) is 0 Å². The molecule has 0 amide bonds. The molecule has 3 rings (SSSR count). The van der Waals surface area contributed by atoms with Crippen molar-refractivity contribution >= 4 is 5.78 Å². The lowest BCUT2D eigenvalue weighted by atomic mass is 9.68. The van der Waals surface area contributed by atoms with Gasteiger partial charge in [0, 0.05) is 18.5 Å². The molecule has 0 aromatic carbocycles. The number of pyridine rings is 1. The van der Waals surface area contributed by atoms with Gasteiger partial charge in [0.05, 0.1) is 17.0 Å². The van der Waals surface area contributed by atoms with Crippen molar-refractivity contribution in [3.63, 3.8) is 0 Å². The van der Waals surface area contributed by atoms with Gasteiger partial charge in [-0.1, -0.05) is 26.8 Å². The molecule has 0 saturated heterocycles. The number of aryl methyl sites for hydroxylation is 1. The summed E-state index contributed by atoms with van der Waals surface area (Å²) in [6, 6.07) is 5.74. The Morgan fingerprint density at radius 3 is 2.75 bits per heavy atom. The maximum absolute atomic E-state index is 12.4. The maximum atomic E-state index is 12.4. The minimum atomic E-state index is -0.0525. The number of aromatic nitrogens is 3. The zero-order valence-electron chi connectivity index (χ0n) is 12.3. The van der Waals surface area contributed by atoms with E-state index in [4.69, 9.17) is 0 Å². The van der Waals surface area contributed by atoms with E-state index in [0.717, 1.165) is 22.8 Å². The highest BCUT2D eigenvalue weighted by Crippen LogP contribution is 2.45. The monoisotopic (exact) mass is 269 g/mol. The van der Waals surface area contributed by atoms with Crippen LogP contribution in [0.2, 0.25) is 0 Å². The second-order valence-corrected chi connectivity index (χ2v) is 6.26. The maximum Gasteiger partial charge on any atom is 0.167 e. The average Bonchev–Trinajstić information content (AvgIpc) is 2.75. The highest BCUT2D eigenvalue weighted by Gasteiger charge is 2.41. The highest BCUT2D eigenvalue weighted by atomic mass is 16.1. The van der Waals surface area contributed by atoms with Gasteiger partial charge in [0.2, 0.25) is 0 Å². The van der Waals surface area contributed by atoms with Crippen LogP contribution in [0, 0.1) is 12.3 Å². The third-order valence-electron chi connectivity index (χ3n) is 4.44. The Morgan fingerprint density at radius 2 is 2.10 bits per heavy atom. The van der Waals surface area contributed by atoms with E-state index in [1.165, 1.54) is 0 Å². The molecule has 0 fully saturated rings. The number of nitrogens with zero attached hydrogens (tertiary/aromatic N) is 3. The van der Waals surface area contributed by atoms with Gasteiger partial charge >= 0.3 is 0 Å². The predicted octanol–water partition coefficient (Wildman–Crippen LogP) is 3.29. The van der Waals surface area contributed by atoms with Gasteiger partial charge in [-0.05, 0) is 24.5 Å². The highest BCUT2D eigenvalue weighted by molar-refractivity contribution is 6.00. The van der Waals surface area contributed by atoms with Gasteiger partial charge in [-0.2, -0.15) is 5.10 Å². The molecule has 0 saturated carbocycles. The second kappa shape index (κ2) is 4.27. The first-order valence-electron chi connectivity index (χ1n) is 6.96.